The van der Waals surface area contributed by atoms with E-state index in [-0.39, 0.29) is 18.5 Å². The fraction of sp³-hybridized carbons (Fsp3) is 0.921. The third-order valence-electron chi connectivity index (χ3n) is 18.3. The molecule has 11 heteroatoms. The molecule has 0 saturated carbocycles. The second kappa shape index (κ2) is 65.6. The number of aliphatic hydroxyl groups excluding tert-OH is 5. The Morgan fingerprint density at radius 2 is 0.747 bits per heavy atom. The lowest BCUT2D eigenvalue weighted by Gasteiger charge is -2.40. The van der Waals surface area contributed by atoms with E-state index < -0.39 is 49.5 Å². The summed E-state index contributed by atoms with van der Waals surface area (Å²) in [5, 5.41) is 54.5. The minimum atomic E-state index is -1.57. The van der Waals surface area contributed by atoms with E-state index >= 15 is 0 Å². The third-order valence-corrected chi connectivity index (χ3v) is 18.3. The standard InChI is InChI=1S/C76H145NO10/c1-3-5-7-9-11-13-15-17-39-42-46-50-54-58-62-69(79)68(67-86-76-75(84)74(83)73(82)70(66-78)87-76)77-71(80)63-59-55-51-47-43-40-37-35-33-31-29-27-25-23-21-19-18-20-22-24-26-28-30-32-34-36-38-41-45-49-53-57-61-65-85-72(81)64-60-56-52-48-44-16-14-12-10-8-6-4-2/h42,46,58,62,68-70,73-76,78-79,82-84H,3-41,43-45,47-57,59-61,63-67H2,1-2H3,(H,77,80)/b46-42+,62-58+. The number of allylic oxidation sites excluding steroid dienone is 3. The predicted molar refractivity (Wildman–Crippen MR) is 366 cm³/mol. The van der Waals surface area contributed by atoms with Gasteiger partial charge in [0.05, 0.1) is 32.0 Å². The Kier molecular flexibility index (Phi) is 62.7. The maximum Gasteiger partial charge on any atom is 0.305 e. The molecule has 1 aliphatic heterocycles. The largest absolute Gasteiger partial charge is 0.466 e. The lowest BCUT2D eigenvalue weighted by atomic mass is 9.99. The van der Waals surface area contributed by atoms with Crippen LogP contribution in [0.15, 0.2) is 24.3 Å². The van der Waals surface area contributed by atoms with Crippen molar-refractivity contribution in [2.45, 2.75) is 429 Å². The summed E-state index contributed by atoms with van der Waals surface area (Å²) in [4.78, 5) is 25.1. The third kappa shape index (κ3) is 54.4. The highest BCUT2D eigenvalue weighted by Gasteiger charge is 2.44. The molecular weight excluding hydrogens is 1090 g/mol. The highest BCUT2D eigenvalue weighted by atomic mass is 16.7. The van der Waals surface area contributed by atoms with Crippen LogP contribution in [0, 0.1) is 0 Å². The molecule has 1 rings (SSSR count). The Balaban J connectivity index is 1.93. The van der Waals surface area contributed by atoms with Crippen LogP contribution in [0.25, 0.3) is 0 Å². The molecule has 1 aliphatic rings. The van der Waals surface area contributed by atoms with E-state index in [9.17, 15) is 35.1 Å². The van der Waals surface area contributed by atoms with Crippen molar-refractivity contribution in [2.75, 3.05) is 19.8 Å². The average Bonchev–Trinajstić information content (AvgIpc) is 1.86. The van der Waals surface area contributed by atoms with Crippen molar-refractivity contribution in [3.05, 3.63) is 24.3 Å². The molecule has 0 radical (unpaired) electrons. The monoisotopic (exact) mass is 1230 g/mol. The van der Waals surface area contributed by atoms with Crippen LogP contribution in [0.5, 0.6) is 0 Å². The number of esters is 1. The Morgan fingerprint density at radius 3 is 1.14 bits per heavy atom. The van der Waals surface area contributed by atoms with E-state index in [1.165, 1.54) is 308 Å². The van der Waals surface area contributed by atoms with Crippen molar-refractivity contribution >= 4 is 11.9 Å². The van der Waals surface area contributed by atoms with E-state index in [0.29, 0.717) is 19.4 Å². The number of amides is 1. The van der Waals surface area contributed by atoms with Gasteiger partial charge in [-0.3, -0.25) is 9.59 Å². The van der Waals surface area contributed by atoms with Gasteiger partial charge in [0, 0.05) is 12.8 Å². The molecule has 0 aromatic heterocycles. The van der Waals surface area contributed by atoms with Gasteiger partial charge in [0.1, 0.15) is 24.4 Å². The number of rotatable bonds is 68. The van der Waals surface area contributed by atoms with E-state index in [0.717, 1.165) is 51.4 Å². The molecule has 1 saturated heterocycles. The summed E-state index contributed by atoms with van der Waals surface area (Å²) < 4.78 is 16.8. The first-order valence-corrected chi connectivity index (χ1v) is 38.1. The molecule has 0 spiro atoms. The summed E-state index contributed by atoms with van der Waals surface area (Å²) in [6.45, 7) is 4.38. The Labute approximate surface area is 537 Å². The van der Waals surface area contributed by atoms with Crippen molar-refractivity contribution in [3.63, 3.8) is 0 Å². The first-order chi connectivity index (χ1) is 42.7. The molecule has 1 heterocycles. The number of carbonyl (C=O) groups excluding carboxylic acids is 2. The molecule has 6 N–H and O–H groups in total. The smallest absolute Gasteiger partial charge is 0.305 e. The molecule has 514 valence electrons. The van der Waals surface area contributed by atoms with Crippen molar-refractivity contribution in [2.24, 2.45) is 0 Å². The number of ether oxygens (including phenoxy) is 3. The van der Waals surface area contributed by atoms with Gasteiger partial charge in [-0.05, 0) is 44.9 Å². The number of unbranched alkanes of at least 4 members (excludes halogenated alkanes) is 52. The van der Waals surface area contributed by atoms with Crippen LogP contribution in [-0.4, -0.2) is 100 Å². The second-order valence-electron chi connectivity index (χ2n) is 26.7. The maximum absolute atomic E-state index is 13.1. The Morgan fingerprint density at radius 1 is 0.414 bits per heavy atom. The SMILES string of the molecule is CCCCCCCCCC/C=C/CC/C=C/C(O)C(COC1OC(CO)C(O)C(O)C1O)NC(=O)CCCCCCCCCCCCCCCCCCCCCCCCCCCCCCCCCCCOC(=O)CCCCCCCCCCCCCC. The molecule has 1 fully saturated rings. The van der Waals surface area contributed by atoms with Crippen LogP contribution in [-0.2, 0) is 23.8 Å². The second-order valence-corrected chi connectivity index (χ2v) is 26.7. The highest BCUT2D eigenvalue weighted by Crippen LogP contribution is 2.24. The first kappa shape index (κ1) is 83.2. The first-order valence-electron chi connectivity index (χ1n) is 38.1. The quantitative estimate of drug-likeness (QED) is 0.0195. The number of aliphatic hydroxyl groups is 5. The minimum absolute atomic E-state index is 0.0157. The molecule has 87 heavy (non-hydrogen) atoms. The zero-order chi connectivity index (χ0) is 63.0. The molecular formula is C76H145NO10. The topological polar surface area (TPSA) is 175 Å². The summed E-state index contributed by atoms with van der Waals surface area (Å²) in [5.41, 5.74) is 0. The summed E-state index contributed by atoms with van der Waals surface area (Å²) in [6.07, 6.45) is 73.4. The van der Waals surface area contributed by atoms with Gasteiger partial charge in [0.25, 0.3) is 0 Å². The zero-order valence-corrected chi connectivity index (χ0v) is 57.3. The lowest BCUT2D eigenvalue weighted by molar-refractivity contribution is -0.302. The molecule has 0 aliphatic carbocycles. The van der Waals surface area contributed by atoms with Gasteiger partial charge >= 0.3 is 5.97 Å². The summed E-state index contributed by atoms with van der Waals surface area (Å²) in [7, 11) is 0. The van der Waals surface area contributed by atoms with Crippen LogP contribution in [0.3, 0.4) is 0 Å². The summed E-state index contributed by atoms with van der Waals surface area (Å²) in [6, 6.07) is -0.824. The van der Waals surface area contributed by atoms with Gasteiger partial charge in [-0.2, -0.15) is 0 Å². The lowest BCUT2D eigenvalue weighted by Crippen LogP contribution is -2.60. The number of carbonyl (C=O) groups is 2. The normalized spacial score (nSPS) is 17.9. The van der Waals surface area contributed by atoms with E-state index in [2.05, 4.69) is 31.3 Å². The average molecular weight is 1230 g/mol. The summed E-state index contributed by atoms with van der Waals surface area (Å²) >= 11 is 0. The number of hydrogen-bond donors (Lipinski definition) is 6. The molecule has 7 atom stereocenters. The van der Waals surface area contributed by atoms with Gasteiger partial charge < -0.3 is 45.1 Å². The van der Waals surface area contributed by atoms with Crippen molar-refractivity contribution in [1.82, 2.24) is 5.32 Å². The molecule has 0 aromatic carbocycles. The zero-order valence-electron chi connectivity index (χ0n) is 57.3. The van der Waals surface area contributed by atoms with Crippen LogP contribution in [0.1, 0.15) is 386 Å². The fourth-order valence-electron chi connectivity index (χ4n) is 12.3. The van der Waals surface area contributed by atoms with E-state index in [4.69, 9.17) is 14.2 Å². The Hall–Kier alpha value is -1.86. The molecule has 11 nitrogen and oxygen atoms in total. The van der Waals surface area contributed by atoms with Crippen LogP contribution >= 0.6 is 0 Å². The highest BCUT2D eigenvalue weighted by molar-refractivity contribution is 5.76. The number of hydrogen-bond acceptors (Lipinski definition) is 10. The molecule has 7 unspecified atom stereocenters. The van der Waals surface area contributed by atoms with Gasteiger partial charge in [0.15, 0.2) is 6.29 Å². The number of nitrogens with one attached hydrogen (secondary N) is 1. The van der Waals surface area contributed by atoms with Crippen LogP contribution in [0.4, 0.5) is 0 Å². The molecule has 0 aromatic rings. The van der Waals surface area contributed by atoms with Crippen molar-refractivity contribution in [3.8, 4) is 0 Å². The minimum Gasteiger partial charge on any atom is -0.466 e. The van der Waals surface area contributed by atoms with Crippen molar-refractivity contribution < 1.29 is 49.3 Å². The predicted octanol–water partition coefficient (Wildman–Crippen LogP) is 20.0. The van der Waals surface area contributed by atoms with E-state index in [1.807, 2.05) is 6.08 Å². The van der Waals surface area contributed by atoms with Gasteiger partial charge in [-0.1, -0.05) is 353 Å². The van der Waals surface area contributed by atoms with Gasteiger partial charge in [0.2, 0.25) is 5.91 Å². The van der Waals surface area contributed by atoms with Gasteiger partial charge in [-0.15, -0.1) is 0 Å². The van der Waals surface area contributed by atoms with Crippen LogP contribution < -0.4 is 5.32 Å². The Bertz CT molecular complexity index is 1490. The fourth-order valence-corrected chi connectivity index (χ4v) is 12.3. The van der Waals surface area contributed by atoms with E-state index in [1.54, 1.807) is 6.08 Å². The summed E-state index contributed by atoms with van der Waals surface area (Å²) in [5.74, 6) is -0.169. The van der Waals surface area contributed by atoms with Crippen molar-refractivity contribution in [1.29, 1.82) is 0 Å². The molecule has 1 amide bonds. The van der Waals surface area contributed by atoms with Crippen LogP contribution in [0.2, 0.25) is 0 Å². The molecule has 0 bridgehead atoms. The van der Waals surface area contributed by atoms with Gasteiger partial charge in [-0.25, -0.2) is 0 Å². The maximum atomic E-state index is 13.1.